The number of benzene rings is 1. The minimum atomic E-state index is -0.176. The van der Waals surface area contributed by atoms with Crippen molar-refractivity contribution in [3.8, 4) is 6.07 Å². The molecule has 0 bridgehead atoms. The van der Waals surface area contributed by atoms with Crippen molar-refractivity contribution in [2.24, 2.45) is 0 Å². The highest BCUT2D eigenvalue weighted by molar-refractivity contribution is 5.69. The average molecular weight is 217 g/mol. The second-order valence-electron chi connectivity index (χ2n) is 3.57. The zero-order chi connectivity index (χ0) is 12.0. The van der Waals surface area contributed by atoms with Gasteiger partial charge in [-0.2, -0.15) is 5.26 Å². The molecule has 0 saturated carbocycles. The number of esters is 1. The van der Waals surface area contributed by atoms with Crippen LogP contribution in [-0.4, -0.2) is 12.6 Å². The fourth-order valence-corrected chi connectivity index (χ4v) is 1.49. The SMILES string of the molecule is CCOC(=O)CCc1ccc(C#N)c(C)c1. The first-order chi connectivity index (χ1) is 7.67. The topological polar surface area (TPSA) is 50.1 Å². The van der Waals surface area contributed by atoms with Gasteiger partial charge in [0.05, 0.1) is 18.2 Å². The van der Waals surface area contributed by atoms with Crippen molar-refractivity contribution >= 4 is 5.97 Å². The Bertz CT molecular complexity index is 418. The molecular formula is C13H15NO2. The maximum atomic E-state index is 11.1. The van der Waals surface area contributed by atoms with Gasteiger partial charge in [0, 0.05) is 6.42 Å². The third kappa shape index (κ3) is 3.39. The summed E-state index contributed by atoms with van der Waals surface area (Å²) in [4.78, 5) is 11.1. The first-order valence-electron chi connectivity index (χ1n) is 5.32. The van der Waals surface area contributed by atoms with Crippen LogP contribution in [0.25, 0.3) is 0 Å². The molecular weight excluding hydrogens is 202 g/mol. The summed E-state index contributed by atoms with van der Waals surface area (Å²) in [7, 11) is 0. The van der Waals surface area contributed by atoms with Crippen LogP contribution in [0.3, 0.4) is 0 Å². The second-order valence-corrected chi connectivity index (χ2v) is 3.57. The number of nitriles is 1. The number of rotatable bonds is 4. The van der Waals surface area contributed by atoms with E-state index in [1.54, 1.807) is 13.0 Å². The van der Waals surface area contributed by atoms with Crippen LogP contribution in [0, 0.1) is 18.3 Å². The van der Waals surface area contributed by atoms with Crippen LogP contribution in [0.4, 0.5) is 0 Å². The maximum absolute atomic E-state index is 11.1. The molecule has 3 nitrogen and oxygen atoms in total. The number of nitrogens with zero attached hydrogens (tertiary/aromatic N) is 1. The van der Waals surface area contributed by atoms with Gasteiger partial charge < -0.3 is 4.74 Å². The Morgan fingerprint density at radius 1 is 1.50 bits per heavy atom. The molecule has 0 saturated heterocycles. The Hall–Kier alpha value is -1.82. The van der Waals surface area contributed by atoms with Gasteiger partial charge in [0.25, 0.3) is 0 Å². The molecule has 16 heavy (non-hydrogen) atoms. The normalized spacial score (nSPS) is 9.56. The number of hydrogen-bond acceptors (Lipinski definition) is 3. The number of carbonyl (C=O) groups excluding carboxylic acids is 1. The van der Waals surface area contributed by atoms with Gasteiger partial charge in [-0.15, -0.1) is 0 Å². The van der Waals surface area contributed by atoms with E-state index in [9.17, 15) is 4.79 Å². The molecule has 0 amide bonds. The van der Waals surface area contributed by atoms with Crippen LogP contribution < -0.4 is 0 Å². The standard InChI is InChI=1S/C13H15NO2/c1-3-16-13(15)7-5-11-4-6-12(9-14)10(2)8-11/h4,6,8H,3,5,7H2,1-2H3. The Balaban J connectivity index is 2.59. The molecule has 0 spiro atoms. The van der Waals surface area contributed by atoms with Crippen LogP contribution in [0.5, 0.6) is 0 Å². The van der Waals surface area contributed by atoms with Gasteiger partial charge in [0.1, 0.15) is 0 Å². The van der Waals surface area contributed by atoms with E-state index in [2.05, 4.69) is 6.07 Å². The predicted molar refractivity (Wildman–Crippen MR) is 60.8 cm³/mol. The van der Waals surface area contributed by atoms with E-state index in [0.717, 1.165) is 11.1 Å². The molecule has 0 fully saturated rings. The summed E-state index contributed by atoms with van der Waals surface area (Å²) in [6, 6.07) is 7.73. The van der Waals surface area contributed by atoms with E-state index in [1.807, 2.05) is 19.1 Å². The number of hydrogen-bond donors (Lipinski definition) is 0. The quantitative estimate of drug-likeness (QED) is 0.727. The van der Waals surface area contributed by atoms with Gasteiger partial charge in [-0.3, -0.25) is 4.79 Å². The van der Waals surface area contributed by atoms with Crippen molar-refractivity contribution in [1.29, 1.82) is 5.26 Å². The lowest BCUT2D eigenvalue weighted by atomic mass is 10.0. The van der Waals surface area contributed by atoms with Gasteiger partial charge in [0.2, 0.25) is 0 Å². The smallest absolute Gasteiger partial charge is 0.306 e. The van der Waals surface area contributed by atoms with E-state index in [-0.39, 0.29) is 5.97 Å². The fourth-order valence-electron chi connectivity index (χ4n) is 1.49. The maximum Gasteiger partial charge on any atom is 0.306 e. The summed E-state index contributed by atoms with van der Waals surface area (Å²) in [5, 5.41) is 8.77. The molecule has 1 aromatic carbocycles. The highest BCUT2D eigenvalue weighted by atomic mass is 16.5. The minimum Gasteiger partial charge on any atom is -0.466 e. The molecule has 0 radical (unpaired) electrons. The molecule has 0 heterocycles. The van der Waals surface area contributed by atoms with Gasteiger partial charge in [-0.1, -0.05) is 12.1 Å². The van der Waals surface area contributed by atoms with Crippen LogP contribution in [0.2, 0.25) is 0 Å². The van der Waals surface area contributed by atoms with Gasteiger partial charge in [-0.25, -0.2) is 0 Å². The fraction of sp³-hybridized carbons (Fsp3) is 0.385. The van der Waals surface area contributed by atoms with Crippen LogP contribution in [0.15, 0.2) is 18.2 Å². The van der Waals surface area contributed by atoms with Crippen molar-refractivity contribution < 1.29 is 9.53 Å². The minimum absolute atomic E-state index is 0.176. The van der Waals surface area contributed by atoms with Crippen molar-refractivity contribution in [2.75, 3.05) is 6.61 Å². The molecule has 0 unspecified atom stereocenters. The summed E-state index contributed by atoms with van der Waals surface area (Å²) < 4.78 is 4.85. The molecule has 0 aromatic heterocycles. The molecule has 0 N–H and O–H groups in total. The van der Waals surface area contributed by atoms with E-state index in [1.165, 1.54) is 0 Å². The van der Waals surface area contributed by atoms with Crippen molar-refractivity contribution in [2.45, 2.75) is 26.7 Å². The zero-order valence-electron chi connectivity index (χ0n) is 9.62. The highest BCUT2D eigenvalue weighted by Crippen LogP contribution is 2.11. The zero-order valence-corrected chi connectivity index (χ0v) is 9.62. The summed E-state index contributed by atoms with van der Waals surface area (Å²) in [5.74, 6) is -0.176. The largest absolute Gasteiger partial charge is 0.466 e. The molecule has 1 aromatic rings. The Kier molecular flexibility index (Phi) is 4.53. The number of ether oxygens (including phenoxy) is 1. The van der Waals surface area contributed by atoms with E-state index < -0.39 is 0 Å². The summed E-state index contributed by atoms with van der Waals surface area (Å²) in [6.45, 7) is 4.11. The third-order valence-corrected chi connectivity index (χ3v) is 2.33. The molecule has 0 atom stereocenters. The Labute approximate surface area is 95.7 Å². The first-order valence-corrected chi connectivity index (χ1v) is 5.32. The van der Waals surface area contributed by atoms with E-state index in [4.69, 9.17) is 10.00 Å². The lowest BCUT2D eigenvalue weighted by Crippen LogP contribution is -2.05. The summed E-state index contributed by atoms with van der Waals surface area (Å²) >= 11 is 0. The van der Waals surface area contributed by atoms with Crippen molar-refractivity contribution in [3.05, 3.63) is 34.9 Å². The van der Waals surface area contributed by atoms with Gasteiger partial charge >= 0.3 is 5.97 Å². The van der Waals surface area contributed by atoms with Crippen LogP contribution in [-0.2, 0) is 16.0 Å². The van der Waals surface area contributed by atoms with E-state index >= 15 is 0 Å². The van der Waals surface area contributed by atoms with Crippen molar-refractivity contribution in [3.63, 3.8) is 0 Å². The third-order valence-electron chi connectivity index (χ3n) is 2.33. The Morgan fingerprint density at radius 3 is 2.81 bits per heavy atom. The summed E-state index contributed by atoms with van der Waals surface area (Å²) in [6.07, 6.45) is 1.05. The monoisotopic (exact) mass is 217 g/mol. The van der Waals surface area contributed by atoms with Gasteiger partial charge in [-0.05, 0) is 37.5 Å². The van der Waals surface area contributed by atoms with Crippen LogP contribution in [0.1, 0.15) is 30.0 Å². The Morgan fingerprint density at radius 2 is 2.25 bits per heavy atom. The molecule has 0 aliphatic rings. The second kappa shape index (κ2) is 5.92. The predicted octanol–water partition coefficient (Wildman–Crippen LogP) is 2.36. The van der Waals surface area contributed by atoms with E-state index in [0.29, 0.717) is 25.0 Å². The average Bonchev–Trinajstić information content (AvgIpc) is 2.27. The molecule has 0 aliphatic heterocycles. The number of aryl methyl sites for hydroxylation is 2. The summed E-state index contributed by atoms with van der Waals surface area (Å²) in [5.41, 5.74) is 2.69. The lowest BCUT2D eigenvalue weighted by Gasteiger charge is -2.04. The first kappa shape index (κ1) is 12.3. The van der Waals surface area contributed by atoms with Crippen LogP contribution >= 0.6 is 0 Å². The molecule has 1 rings (SSSR count). The number of carbonyl (C=O) groups is 1. The van der Waals surface area contributed by atoms with Crippen molar-refractivity contribution in [1.82, 2.24) is 0 Å². The van der Waals surface area contributed by atoms with Gasteiger partial charge in [0.15, 0.2) is 0 Å². The molecule has 0 aliphatic carbocycles. The highest BCUT2D eigenvalue weighted by Gasteiger charge is 2.04. The lowest BCUT2D eigenvalue weighted by molar-refractivity contribution is -0.143. The molecule has 84 valence electrons. The molecule has 3 heteroatoms.